The molecule has 270 valence electrons. The quantitative estimate of drug-likeness (QED) is 0.143. The molecule has 6 rings (SSSR count). The number of para-hydroxylation sites is 1. The number of carboxylic acid groups (broad SMARTS) is 1. The highest BCUT2D eigenvalue weighted by Crippen LogP contribution is 2.40. The number of fused-ring (bicyclic) bond motifs is 1. The maximum Gasteiger partial charge on any atom is 0.410 e. The van der Waals surface area contributed by atoms with Gasteiger partial charge >= 0.3 is 12.1 Å². The molecule has 51 heavy (non-hydrogen) atoms. The van der Waals surface area contributed by atoms with E-state index in [9.17, 15) is 14.4 Å². The number of piperidine rings is 1. The summed E-state index contributed by atoms with van der Waals surface area (Å²) < 4.78 is 13.4. The van der Waals surface area contributed by atoms with Crippen LogP contribution >= 0.6 is 0 Å². The third kappa shape index (κ3) is 9.00. The van der Waals surface area contributed by atoms with Crippen LogP contribution in [0, 0.1) is 5.92 Å². The van der Waals surface area contributed by atoms with Gasteiger partial charge in [-0.3, -0.25) is 9.59 Å². The lowest BCUT2D eigenvalue weighted by Gasteiger charge is -2.40. The van der Waals surface area contributed by atoms with Crippen LogP contribution in [0.3, 0.4) is 0 Å². The second-order valence-electron chi connectivity index (χ2n) is 15.1. The number of likely N-dealkylation sites (tertiary alicyclic amines) is 1. The third-order valence-corrected chi connectivity index (χ3v) is 10.0. The number of carboxylic acids is 1. The Morgan fingerprint density at radius 3 is 2.41 bits per heavy atom. The Bertz CT molecular complexity index is 1840. The first-order valence-electron chi connectivity index (χ1n) is 18.3. The van der Waals surface area contributed by atoms with Crippen molar-refractivity contribution in [2.75, 3.05) is 26.8 Å². The molecule has 9 nitrogen and oxygen atoms in total. The zero-order valence-electron chi connectivity index (χ0n) is 30.3. The average molecular weight is 694 g/mol. The second-order valence-corrected chi connectivity index (χ2v) is 15.1. The number of nitrogens with zero attached hydrogens (tertiary/aromatic N) is 3. The van der Waals surface area contributed by atoms with Gasteiger partial charge in [-0.05, 0) is 92.7 Å². The lowest BCUT2D eigenvalue weighted by molar-refractivity contribution is -0.139. The number of carbonyl (C=O) groups is 3. The predicted octanol–water partition coefficient (Wildman–Crippen LogP) is 7.89. The number of aryl methyl sites for hydroxylation is 2. The summed E-state index contributed by atoms with van der Waals surface area (Å²) in [5.74, 6) is -1.24. The molecule has 2 aliphatic rings. The number of aromatic nitrogens is 1. The van der Waals surface area contributed by atoms with Gasteiger partial charge in [-0.25, -0.2) is 4.79 Å². The van der Waals surface area contributed by atoms with Crippen molar-refractivity contribution in [1.29, 1.82) is 0 Å². The molecule has 2 fully saturated rings. The average Bonchev–Trinajstić information content (AvgIpc) is 3.91. The molecule has 2 heterocycles. The molecule has 3 aromatic carbocycles. The molecule has 1 N–H and O–H groups in total. The lowest BCUT2D eigenvalue weighted by atomic mass is 9.79. The summed E-state index contributed by atoms with van der Waals surface area (Å²) in [5.41, 5.74) is 5.79. The monoisotopic (exact) mass is 693 g/mol. The van der Waals surface area contributed by atoms with E-state index < -0.39 is 17.5 Å². The van der Waals surface area contributed by atoms with Crippen molar-refractivity contribution in [2.45, 2.75) is 89.9 Å². The summed E-state index contributed by atoms with van der Waals surface area (Å²) in [4.78, 5) is 43.2. The fourth-order valence-electron chi connectivity index (χ4n) is 7.34. The fourth-order valence-corrected chi connectivity index (χ4v) is 7.34. The van der Waals surface area contributed by atoms with Gasteiger partial charge < -0.3 is 28.9 Å². The van der Waals surface area contributed by atoms with Crippen molar-refractivity contribution in [2.24, 2.45) is 5.92 Å². The van der Waals surface area contributed by atoms with E-state index in [-0.39, 0.29) is 30.4 Å². The minimum Gasteiger partial charge on any atom is -0.481 e. The predicted molar refractivity (Wildman–Crippen MR) is 198 cm³/mol. The lowest BCUT2D eigenvalue weighted by Crippen LogP contribution is -2.51. The largest absolute Gasteiger partial charge is 0.481 e. The number of carbonyl (C=O) groups excluding carboxylic acids is 2. The van der Waals surface area contributed by atoms with E-state index in [1.54, 1.807) is 12.0 Å². The minimum absolute atomic E-state index is 0.0809. The minimum atomic E-state index is -0.807. The van der Waals surface area contributed by atoms with Gasteiger partial charge in [0.2, 0.25) is 5.91 Å². The summed E-state index contributed by atoms with van der Waals surface area (Å²) in [6, 6.07) is 25.0. The topological polar surface area (TPSA) is 101 Å². The first kappa shape index (κ1) is 36.2. The van der Waals surface area contributed by atoms with Gasteiger partial charge in [0.05, 0.1) is 5.92 Å². The first-order valence-corrected chi connectivity index (χ1v) is 18.3. The van der Waals surface area contributed by atoms with Crippen LogP contribution in [-0.4, -0.2) is 75.9 Å². The smallest absolute Gasteiger partial charge is 0.410 e. The van der Waals surface area contributed by atoms with Crippen LogP contribution in [-0.2, 0) is 38.6 Å². The molecular weight excluding hydrogens is 642 g/mol. The number of methoxy groups -OCH3 is 1. The zero-order chi connectivity index (χ0) is 36.1. The second kappa shape index (κ2) is 15.7. The van der Waals surface area contributed by atoms with Crippen LogP contribution in [0.15, 0.2) is 79.0 Å². The highest BCUT2D eigenvalue weighted by molar-refractivity contribution is 5.86. The van der Waals surface area contributed by atoms with Gasteiger partial charge in [-0.2, -0.15) is 0 Å². The molecule has 0 unspecified atom stereocenters. The number of aliphatic carboxylic acids is 1. The molecule has 2 amide bonds. The van der Waals surface area contributed by atoms with E-state index in [2.05, 4.69) is 58.1 Å². The van der Waals surface area contributed by atoms with Crippen molar-refractivity contribution < 1.29 is 29.0 Å². The molecule has 0 radical (unpaired) electrons. The highest BCUT2D eigenvalue weighted by atomic mass is 16.6. The summed E-state index contributed by atoms with van der Waals surface area (Å²) in [6.07, 6.45) is 5.90. The van der Waals surface area contributed by atoms with Gasteiger partial charge in [-0.1, -0.05) is 66.7 Å². The molecule has 2 atom stereocenters. The van der Waals surface area contributed by atoms with E-state index in [1.807, 2.05) is 51.1 Å². The Hall–Kier alpha value is -4.63. The molecule has 1 saturated heterocycles. The molecular formula is C42H51N3O6. The Kier molecular flexibility index (Phi) is 11.2. The third-order valence-electron chi connectivity index (χ3n) is 10.0. The number of hydrogen-bond acceptors (Lipinski definition) is 5. The Labute approximate surface area is 301 Å². The Balaban J connectivity index is 1.30. The first-order chi connectivity index (χ1) is 24.5. The number of hydrogen-bond donors (Lipinski definition) is 1. The fraction of sp³-hybridized carbons (Fsp3) is 0.452. The number of benzene rings is 3. The van der Waals surface area contributed by atoms with Crippen molar-refractivity contribution in [3.8, 4) is 11.1 Å². The number of ether oxygens (including phenoxy) is 2. The van der Waals surface area contributed by atoms with Gasteiger partial charge in [0, 0.05) is 69.5 Å². The van der Waals surface area contributed by atoms with Crippen LogP contribution in [0.4, 0.5) is 4.79 Å². The molecule has 0 spiro atoms. The maximum atomic E-state index is 15.0. The van der Waals surface area contributed by atoms with Crippen molar-refractivity contribution in [1.82, 2.24) is 14.4 Å². The van der Waals surface area contributed by atoms with Gasteiger partial charge in [0.15, 0.2) is 0 Å². The molecule has 0 bridgehead atoms. The summed E-state index contributed by atoms with van der Waals surface area (Å²) in [5, 5.41) is 10.2. The Morgan fingerprint density at radius 1 is 0.941 bits per heavy atom. The van der Waals surface area contributed by atoms with Gasteiger partial charge in [-0.15, -0.1) is 0 Å². The van der Waals surface area contributed by atoms with E-state index in [0.29, 0.717) is 39.1 Å². The SMILES string of the molecule is COCCCn1cc(CN(C(=O)[C@H]2CN(C(=O)OC(C)(C)C)CC[C@@H]2c2cccc(-c3ccc(CCC(=O)O)cc3)c2)C2CC2)c2ccccc21. The maximum absolute atomic E-state index is 15.0. The summed E-state index contributed by atoms with van der Waals surface area (Å²) in [7, 11) is 1.72. The standard InChI is InChI=1S/C42H51N3O6/c1-42(2,3)51-41(49)44-23-21-35(32-10-7-9-31(25-32)30-16-13-29(14-17-30)15-20-39(46)47)37(28-44)40(48)45(34-18-19-34)27-33-26-43(22-8-24-50-4)38-12-6-5-11-36(33)38/h5-7,9-14,16-17,25-26,34-35,37H,8,15,18-24,27-28H2,1-4H3,(H,46,47)/t35-,37+/m1/s1. The molecule has 1 aliphatic carbocycles. The van der Waals surface area contributed by atoms with Crippen LogP contribution < -0.4 is 0 Å². The van der Waals surface area contributed by atoms with Crippen molar-refractivity contribution in [3.05, 3.63) is 95.7 Å². The van der Waals surface area contributed by atoms with Crippen LogP contribution in [0.1, 0.15) is 75.5 Å². The molecule has 9 heteroatoms. The van der Waals surface area contributed by atoms with Crippen molar-refractivity contribution in [3.63, 3.8) is 0 Å². The van der Waals surface area contributed by atoms with Crippen LogP contribution in [0.5, 0.6) is 0 Å². The number of rotatable bonds is 13. The van der Waals surface area contributed by atoms with Gasteiger partial charge in [0.25, 0.3) is 0 Å². The summed E-state index contributed by atoms with van der Waals surface area (Å²) >= 11 is 0. The van der Waals surface area contributed by atoms with Crippen LogP contribution in [0.2, 0.25) is 0 Å². The summed E-state index contributed by atoms with van der Waals surface area (Å²) in [6.45, 7) is 8.44. The van der Waals surface area contributed by atoms with E-state index >= 15 is 0 Å². The molecule has 4 aromatic rings. The molecule has 1 saturated carbocycles. The number of amides is 2. The van der Waals surface area contributed by atoms with E-state index in [1.165, 1.54) is 0 Å². The van der Waals surface area contributed by atoms with E-state index in [4.69, 9.17) is 14.6 Å². The normalized spacial score (nSPS) is 17.8. The highest BCUT2D eigenvalue weighted by Gasteiger charge is 2.43. The van der Waals surface area contributed by atoms with Crippen LogP contribution in [0.25, 0.3) is 22.0 Å². The zero-order valence-corrected chi connectivity index (χ0v) is 30.3. The van der Waals surface area contributed by atoms with Gasteiger partial charge in [0.1, 0.15) is 5.60 Å². The van der Waals surface area contributed by atoms with E-state index in [0.717, 1.165) is 64.5 Å². The Morgan fingerprint density at radius 2 is 1.71 bits per heavy atom. The molecule has 1 aromatic heterocycles. The molecule has 1 aliphatic heterocycles. The van der Waals surface area contributed by atoms with Crippen molar-refractivity contribution >= 4 is 28.9 Å².